The standard InChI is InChI=1S/C14H16F2N2O3/c1-8-11(9(2)21-18-8)7-17-12-6-10(19-3)4-5-13(12)20-14(15)16/h4-6,14,17H,7H2,1-3H3. The molecule has 0 unspecified atom stereocenters. The monoisotopic (exact) mass is 298 g/mol. The van der Waals surface area contributed by atoms with Crippen LogP contribution in [-0.2, 0) is 6.54 Å². The highest BCUT2D eigenvalue weighted by molar-refractivity contribution is 5.60. The molecule has 0 aliphatic rings. The normalized spacial score (nSPS) is 10.8. The van der Waals surface area contributed by atoms with Crippen LogP contribution in [0.5, 0.6) is 11.5 Å². The number of rotatable bonds is 6. The Morgan fingerprint density at radius 2 is 2.10 bits per heavy atom. The molecule has 21 heavy (non-hydrogen) atoms. The molecule has 0 aliphatic heterocycles. The topological polar surface area (TPSA) is 56.5 Å². The molecule has 1 aromatic carbocycles. The molecule has 0 fully saturated rings. The fourth-order valence-electron chi connectivity index (χ4n) is 1.91. The number of alkyl halides is 2. The summed E-state index contributed by atoms with van der Waals surface area (Å²) in [6.45, 7) is 1.10. The number of aryl methyl sites for hydroxylation is 2. The number of nitrogens with zero attached hydrogens (tertiary/aromatic N) is 1. The van der Waals surface area contributed by atoms with Crippen LogP contribution < -0.4 is 14.8 Å². The minimum Gasteiger partial charge on any atom is -0.497 e. The molecule has 7 heteroatoms. The number of hydrogen-bond donors (Lipinski definition) is 1. The van der Waals surface area contributed by atoms with Gasteiger partial charge in [0, 0.05) is 18.2 Å². The van der Waals surface area contributed by atoms with Gasteiger partial charge in [0.05, 0.1) is 18.5 Å². The van der Waals surface area contributed by atoms with Crippen molar-refractivity contribution >= 4 is 5.69 Å². The summed E-state index contributed by atoms with van der Waals surface area (Å²) >= 11 is 0. The Bertz CT molecular complexity index is 595. The fraction of sp³-hybridized carbons (Fsp3) is 0.357. The van der Waals surface area contributed by atoms with E-state index in [1.54, 1.807) is 19.1 Å². The summed E-state index contributed by atoms with van der Waals surface area (Å²) in [5, 5.41) is 6.88. The van der Waals surface area contributed by atoms with E-state index in [4.69, 9.17) is 9.26 Å². The second-order valence-corrected chi connectivity index (χ2v) is 4.40. The van der Waals surface area contributed by atoms with Crippen LogP contribution in [0.1, 0.15) is 17.0 Å². The van der Waals surface area contributed by atoms with Crippen molar-refractivity contribution in [3.63, 3.8) is 0 Å². The smallest absolute Gasteiger partial charge is 0.387 e. The van der Waals surface area contributed by atoms with E-state index in [9.17, 15) is 8.78 Å². The third-order valence-corrected chi connectivity index (χ3v) is 3.04. The molecule has 0 atom stereocenters. The van der Waals surface area contributed by atoms with Crippen molar-refractivity contribution in [1.29, 1.82) is 0 Å². The Morgan fingerprint density at radius 3 is 2.67 bits per heavy atom. The first-order valence-electron chi connectivity index (χ1n) is 6.29. The van der Waals surface area contributed by atoms with Crippen molar-refractivity contribution in [2.24, 2.45) is 0 Å². The largest absolute Gasteiger partial charge is 0.497 e. The first kappa shape index (κ1) is 15.1. The van der Waals surface area contributed by atoms with Gasteiger partial charge < -0.3 is 19.3 Å². The van der Waals surface area contributed by atoms with E-state index in [0.717, 1.165) is 11.3 Å². The van der Waals surface area contributed by atoms with Gasteiger partial charge in [-0.05, 0) is 26.0 Å². The third-order valence-electron chi connectivity index (χ3n) is 3.04. The van der Waals surface area contributed by atoms with Gasteiger partial charge in [0.2, 0.25) is 0 Å². The number of hydrogen-bond acceptors (Lipinski definition) is 5. The van der Waals surface area contributed by atoms with Gasteiger partial charge in [0.15, 0.2) is 0 Å². The number of nitrogens with one attached hydrogen (secondary N) is 1. The summed E-state index contributed by atoms with van der Waals surface area (Å²) in [6, 6.07) is 4.58. The predicted octanol–water partition coefficient (Wildman–Crippen LogP) is 3.51. The van der Waals surface area contributed by atoms with Crippen LogP contribution in [-0.4, -0.2) is 18.9 Å². The van der Waals surface area contributed by atoms with Gasteiger partial charge in [-0.3, -0.25) is 0 Å². The van der Waals surface area contributed by atoms with Crippen molar-refractivity contribution in [2.75, 3.05) is 12.4 Å². The molecule has 0 saturated carbocycles. The predicted molar refractivity (Wildman–Crippen MR) is 72.9 cm³/mol. The molecule has 0 bridgehead atoms. The average molecular weight is 298 g/mol. The highest BCUT2D eigenvalue weighted by atomic mass is 19.3. The van der Waals surface area contributed by atoms with Crippen molar-refractivity contribution in [3.8, 4) is 11.5 Å². The second-order valence-electron chi connectivity index (χ2n) is 4.40. The van der Waals surface area contributed by atoms with E-state index in [2.05, 4.69) is 15.2 Å². The van der Waals surface area contributed by atoms with Crippen LogP contribution in [0.4, 0.5) is 14.5 Å². The highest BCUT2D eigenvalue weighted by Gasteiger charge is 2.13. The van der Waals surface area contributed by atoms with Crippen LogP contribution in [0.15, 0.2) is 22.7 Å². The maximum atomic E-state index is 12.4. The van der Waals surface area contributed by atoms with Gasteiger partial charge in [0.25, 0.3) is 0 Å². The van der Waals surface area contributed by atoms with Gasteiger partial charge in [0.1, 0.15) is 17.3 Å². The van der Waals surface area contributed by atoms with Gasteiger partial charge in [-0.1, -0.05) is 5.16 Å². The number of benzene rings is 1. The minimum absolute atomic E-state index is 0.0533. The molecule has 1 N–H and O–H groups in total. The van der Waals surface area contributed by atoms with Crippen LogP contribution in [0.2, 0.25) is 0 Å². The molecule has 2 aromatic rings. The van der Waals surface area contributed by atoms with E-state index in [1.165, 1.54) is 13.2 Å². The highest BCUT2D eigenvalue weighted by Crippen LogP contribution is 2.31. The third kappa shape index (κ3) is 3.62. The Balaban J connectivity index is 2.20. The van der Waals surface area contributed by atoms with Crippen molar-refractivity contribution in [1.82, 2.24) is 5.16 Å². The van der Waals surface area contributed by atoms with Crippen LogP contribution >= 0.6 is 0 Å². The molecule has 0 saturated heterocycles. The van der Waals surface area contributed by atoms with Gasteiger partial charge in [-0.25, -0.2) is 0 Å². The number of aromatic nitrogens is 1. The van der Waals surface area contributed by atoms with Crippen molar-refractivity contribution in [2.45, 2.75) is 27.0 Å². The quantitative estimate of drug-likeness (QED) is 0.884. The number of methoxy groups -OCH3 is 1. The lowest BCUT2D eigenvalue weighted by Gasteiger charge is -2.14. The SMILES string of the molecule is COc1ccc(OC(F)F)c(NCc2c(C)noc2C)c1. The zero-order chi connectivity index (χ0) is 15.4. The molecule has 5 nitrogen and oxygen atoms in total. The molecule has 0 aliphatic carbocycles. The van der Waals surface area contributed by atoms with Gasteiger partial charge >= 0.3 is 6.61 Å². The zero-order valence-electron chi connectivity index (χ0n) is 11.9. The van der Waals surface area contributed by atoms with E-state index >= 15 is 0 Å². The Morgan fingerprint density at radius 1 is 1.33 bits per heavy atom. The molecule has 2 rings (SSSR count). The Kier molecular flexibility index (Phi) is 4.62. The van der Waals surface area contributed by atoms with Crippen LogP contribution in [0.25, 0.3) is 0 Å². The first-order valence-corrected chi connectivity index (χ1v) is 6.29. The molecule has 0 spiro atoms. The van der Waals surface area contributed by atoms with Gasteiger partial charge in [-0.2, -0.15) is 8.78 Å². The summed E-state index contributed by atoms with van der Waals surface area (Å²) in [5.41, 5.74) is 2.04. The lowest BCUT2D eigenvalue weighted by molar-refractivity contribution is -0.0494. The maximum Gasteiger partial charge on any atom is 0.387 e. The van der Waals surface area contributed by atoms with Crippen LogP contribution in [0, 0.1) is 13.8 Å². The minimum atomic E-state index is -2.89. The number of ether oxygens (including phenoxy) is 2. The average Bonchev–Trinajstić information content (AvgIpc) is 2.76. The van der Waals surface area contributed by atoms with E-state index in [-0.39, 0.29) is 5.75 Å². The first-order chi connectivity index (χ1) is 10.0. The Labute approximate surface area is 120 Å². The Hall–Kier alpha value is -2.31. The molecule has 114 valence electrons. The fourth-order valence-corrected chi connectivity index (χ4v) is 1.91. The molecule has 0 radical (unpaired) electrons. The van der Waals surface area contributed by atoms with Gasteiger partial charge in [-0.15, -0.1) is 0 Å². The number of anilines is 1. The molecular weight excluding hydrogens is 282 g/mol. The lowest BCUT2D eigenvalue weighted by atomic mass is 10.2. The summed E-state index contributed by atoms with van der Waals surface area (Å²) < 4.78 is 39.5. The molecule has 0 amide bonds. The second kappa shape index (κ2) is 6.43. The van der Waals surface area contributed by atoms with Crippen molar-refractivity contribution < 1.29 is 22.8 Å². The van der Waals surface area contributed by atoms with Crippen molar-refractivity contribution in [3.05, 3.63) is 35.2 Å². The molecule has 1 heterocycles. The summed E-state index contributed by atoms with van der Waals surface area (Å²) in [7, 11) is 1.50. The summed E-state index contributed by atoms with van der Waals surface area (Å²) in [4.78, 5) is 0. The molecule has 1 aromatic heterocycles. The van der Waals surface area contributed by atoms with E-state index in [1.807, 2.05) is 6.92 Å². The summed E-state index contributed by atoms with van der Waals surface area (Å²) in [6.07, 6.45) is 0. The maximum absolute atomic E-state index is 12.4. The number of halogens is 2. The molecular formula is C14H16F2N2O3. The lowest BCUT2D eigenvalue weighted by Crippen LogP contribution is -2.07. The van der Waals surface area contributed by atoms with E-state index in [0.29, 0.717) is 23.7 Å². The zero-order valence-corrected chi connectivity index (χ0v) is 11.9. The van der Waals surface area contributed by atoms with Crippen LogP contribution in [0.3, 0.4) is 0 Å². The summed E-state index contributed by atoms with van der Waals surface area (Å²) in [5.74, 6) is 1.27. The van der Waals surface area contributed by atoms with E-state index < -0.39 is 6.61 Å².